The van der Waals surface area contributed by atoms with Crippen LogP contribution in [0.15, 0.2) is 24.3 Å². The molecular formula is C59H113NO5. The summed E-state index contributed by atoms with van der Waals surface area (Å²) < 4.78 is 5.96. The van der Waals surface area contributed by atoms with Crippen LogP contribution in [-0.2, 0) is 14.3 Å². The number of unbranched alkanes of at least 4 members (excludes halogenated alkanes) is 37. The third-order valence-corrected chi connectivity index (χ3v) is 13.5. The smallest absolute Gasteiger partial charge is 0.306 e. The van der Waals surface area contributed by atoms with E-state index in [1.807, 2.05) is 0 Å². The molecule has 0 radical (unpaired) electrons. The van der Waals surface area contributed by atoms with Crippen LogP contribution in [-0.4, -0.2) is 46.9 Å². The van der Waals surface area contributed by atoms with E-state index in [1.54, 1.807) is 0 Å². The van der Waals surface area contributed by atoms with Gasteiger partial charge in [0.2, 0.25) is 5.91 Å². The van der Waals surface area contributed by atoms with E-state index >= 15 is 0 Å². The number of rotatable bonds is 53. The van der Waals surface area contributed by atoms with E-state index in [9.17, 15) is 19.8 Å². The van der Waals surface area contributed by atoms with Crippen molar-refractivity contribution in [1.29, 1.82) is 0 Å². The molecule has 3 atom stereocenters. The molecule has 0 saturated carbocycles. The number of nitrogens with one attached hydrogen (secondary N) is 1. The summed E-state index contributed by atoms with van der Waals surface area (Å²) in [4.78, 5) is 26.3. The number of amides is 1. The summed E-state index contributed by atoms with van der Waals surface area (Å²) in [6.07, 6.45) is 62.4. The summed E-state index contributed by atoms with van der Waals surface area (Å²) in [5.41, 5.74) is 0. The minimum Gasteiger partial charge on any atom is -0.462 e. The summed E-state index contributed by atoms with van der Waals surface area (Å²) in [6.45, 7) is 6.51. The number of ether oxygens (including phenoxy) is 1. The van der Waals surface area contributed by atoms with Crippen LogP contribution in [0.25, 0.3) is 0 Å². The molecule has 0 bridgehead atoms. The highest BCUT2D eigenvalue weighted by Crippen LogP contribution is 2.18. The maximum absolute atomic E-state index is 13.3. The molecule has 0 rings (SSSR count). The number of allylic oxidation sites excluding steroid dienone is 4. The highest BCUT2D eigenvalue weighted by atomic mass is 16.5. The van der Waals surface area contributed by atoms with Crippen molar-refractivity contribution in [3.05, 3.63) is 24.3 Å². The van der Waals surface area contributed by atoms with Gasteiger partial charge in [0.25, 0.3) is 0 Å². The zero-order valence-electron chi connectivity index (χ0n) is 43.9. The average Bonchev–Trinajstić information content (AvgIpc) is 3.30. The number of hydrogen-bond donors (Lipinski definition) is 3. The van der Waals surface area contributed by atoms with Crippen LogP contribution in [0, 0.1) is 0 Å². The van der Waals surface area contributed by atoms with Gasteiger partial charge < -0.3 is 20.3 Å². The summed E-state index contributed by atoms with van der Waals surface area (Å²) >= 11 is 0. The second kappa shape index (κ2) is 53.3. The lowest BCUT2D eigenvalue weighted by molar-refractivity contribution is -0.151. The molecular weight excluding hydrogens is 803 g/mol. The van der Waals surface area contributed by atoms with Crippen molar-refractivity contribution in [2.45, 2.75) is 334 Å². The van der Waals surface area contributed by atoms with Crippen LogP contribution in [0.5, 0.6) is 0 Å². The lowest BCUT2D eigenvalue weighted by atomic mass is 10.0. The van der Waals surface area contributed by atoms with E-state index in [0.29, 0.717) is 19.3 Å². The molecule has 0 saturated heterocycles. The van der Waals surface area contributed by atoms with E-state index < -0.39 is 18.2 Å². The third kappa shape index (κ3) is 48.6. The predicted molar refractivity (Wildman–Crippen MR) is 283 cm³/mol. The fourth-order valence-electron chi connectivity index (χ4n) is 9.07. The predicted octanol–water partition coefficient (Wildman–Crippen LogP) is 17.9. The molecule has 0 aliphatic carbocycles. The van der Waals surface area contributed by atoms with Gasteiger partial charge >= 0.3 is 5.97 Å². The molecule has 3 unspecified atom stereocenters. The van der Waals surface area contributed by atoms with Crippen molar-refractivity contribution in [2.24, 2.45) is 0 Å². The van der Waals surface area contributed by atoms with Gasteiger partial charge in [-0.1, -0.05) is 251 Å². The molecule has 0 aromatic rings. The topological polar surface area (TPSA) is 95.9 Å². The minimum atomic E-state index is -0.788. The zero-order valence-corrected chi connectivity index (χ0v) is 43.9. The molecule has 6 nitrogen and oxygen atoms in total. The number of hydrogen-bond acceptors (Lipinski definition) is 5. The van der Waals surface area contributed by atoms with Gasteiger partial charge in [0.15, 0.2) is 0 Å². The minimum absolute atomic E-state index is 0.0732. The maximum Gasteiger partial charge on any atom is 0.306 e. The van der Waals surface area contributed by atoms with Crippen LogP contribution >= 0.6 is 0 Å². The van der Waals surface area contributed by atoms with Gasteiger partial charge in [0.1, 0.15) is 6.10 Å². The van der Waals surface area contributed by atoms with Gasteiger partial charge in [-0.15, -0.1) is 0 Å². The molecule has 0 spiro atoms. The lowest BCUT2D eigenvalue weighted by Crippen LogP contribution is -2.46. The molecule has 0 aromatic carbocycles. The Morgan fingerprint density at radius 2 is 0.738 bits per heavy atom. The molecule has 0 aromatic heterocycles. The molecule has 0 aliphatic rings. The van der Waals surface area contributed by atoms with E-state index in [-0.39, 0.29) is 24.9 Å². The zero-order chi connectivity index (χ0) is 47.4. The van der Waals surface area contributed by atoms with Gasteiger partial charge in [-0.2, -0.15) is 0 Å². The Kier molecular flexibility index (Phi) is 51.9. The summed E-state index contributed by atoms with van der Waals surface area (Å²) in [6, 6.07) is -0.703. The van der Waals surface area contributed by atoms with Gasteiger partial charge in [-0.05, 0) is 77.0 Å². The third-order valence-electron chi connectivity index (χ3n) is 13.5. The van der Waals surface area contributed by atoms with E-state index in [4.69, 9.17) is 4.74 Å². The molecule has 3 N–H and O–H groups in total. The van der Waals surface area contributed by atoms with Crippen LogP contribution in [0.4, 0.5) is 0 Å². The lowest BCUT2D eigenvalue weighted by Gasteiger charge is -2.24. The van der Waals surface area contributed by atoms with Crippen LogP contribution in [0.3, 0.4) is 0 Å². The Bertz CT molecular complexity index is 1030. The first-order valence-electron chi connectivity index (χ1n) is 29.1. The fourth-order valence-corrected chi connectivity index (χ4v) is 9.07. The SMILES string of the molecule is CCCCCCCC/C=C/CCCCCCCC(CC(=O)NC(CO)C(O)CCCCCCCCCCCCCCC)OC(=O)CCCCCCC/C=C/CCCCCCCCCCC. The van der Waals surface area contributed by atoms with Crippen molar-refractivity contribution in [2.75, 3.05) is 6.61 Å². The van der Waals surface area contributed by atoms with Crippen molar-refractivity contribution < 1.29 is 24.5 Å². The average molecular weight is 917 g/mol. The largest absolute Gasteiger partial charge is 0.462 e. The van der Waals surface area contributed by atoms with Crippen LogP contribution in [0.2, 0.25) is 0 Å². The second-order valence-electron chi connectivity index (χ2n) is 20.0. The van der Waals surface area contributed by atoms with Crippen molar-refractivity contribution >= 4 is 11.9 Å². The van der Waals surface area contributed by atoms with E-state index in [2.05, 4.69) is 50.4 Å². The quantitative estimate of drug-likeness (QED) is 0.0321. The standard InChI is InChI=1S/C59H113NO5/c1-4-7-10-13-16-19-22-25-27-28-29-31-34-37-40-43-46-49-52-59(64)65-55(50-47-44-41-38-35-33-30-26-23-20-17-14-11-8-5-2)53-58(63)60-56(54-61)57(62)51-48-45-42-39-36-32-24-21-18-15-12-9-6-3/h26,29-31,55-57,61-62H,4-25,27-28,32-54H2,1-3H3,(H,60,63)/b30-26+,31-29+. The molecule has 6 heteroatoms. The van der Waals surface area contributed by atoms with Crippen molar-refractivity contribution in [3.8, 4) is 0 Å². The molecule has 384 valence electrons. The fraction of sp³-hybridized carbons (Fsp3) is 0.898. The van der Waals surface area contributed by atoms with Gasteiger partial charge in [-0.3, -0.25) is 9.59 Å². The Morgan fingerprint density at radius 3 is 1.09 bits per heavy atom. The first-order chi connectivity index (χ1) is 32.0. The number of aliphatic hydroxyl groups is 2. The Morgan fingerprint density at radius 1 is 0.431 bits per heavy atom. The number of esters is 1. The molecule has 1 amide bonds. The highest BCUT2D eigenvalue weighted by Gasteiger charge is 2.24. The van der Waals surface area contributed by atoms with E-state index in [0.717, 1.165) is 64.2 Å². The van der Waals surface area contributed by atoms with Crippen molar-refractivity contribution in [1.82, 2.24) is 5.32 Å². The molecule has 65 heavy (non-hydrogen) atoms. The van der Waals surface area contributed by atoms with E-state index in [1.165, 1.54) is 205 Å². The Hall–Kier alpha value is -1.66. The first kappa shape index (κ1) is 63.3. The Labute approximate surface area is 405 Å². The first-order valence-corrected chi connectivity index (χ1v) is 29.1. The molecule has 0 aliphatic heterocycles. The van der Waals surface area contributed by atoms with Gasteiger partial charge in [0, 0.05) is 6.42 Å². The number of carbonyl (C=O) groups is 2. The van der Waals surface area contributed by atoms with Crippen molar-refractivity contribution in [3.63, 3.8) is 0 Å². The molecule has 0 heterocycles. The summed E-state index contributed by atoms with van der Waals surface area (Å²) in [7, 11) is 0. The van der Waals surface area contributed by atoms with Crippen LogP contribution in [0.1, 0.15) is 316 Å². The summed E-state index contributed by atoms with van der Waals surface area (Å²) in [5, 5.41) is 23.9. The number of aliphatic hydroxyl groups excluding tert-OH is 2. The summed E-state index contributed by atoms with van der Waals surface area (Å²) in [5.74, 6) is -0.475. The second-order valence-corrected chi connectivity index (χ2v) is 20.0. The highest BCUT2D eigenvalue weighted by molar-refractivity contribution is 5.77. The maximum atomic E-state index is 13.3. The monoisotopic (exact) mass is 916 g/mol. The normalized spacial score (nSPS) is 13.2. The van der Waals surface area contributed by atoms with Crippen LogP contribution < -0.4 is 5.32 Å². The molecule has 0 fully saturated rings. The number of carbonyl (C=O) groups excluding carboxylic acids is 2. The Balaban J connectivity index is 4.54. The van der Waals surface area contributed by atoms with Gasteiger partial charge in [0.05, 0.1) is 25.2 Å². The van der Waals surface area contributed by atoms with Gasteiger partial charge in [-0.25, -0.2) is 0 Å².